The Morgan fingerprint density at radius 2 is 1.95 bits per heavy atom. The fourth-order valence-electron chi connectivity index (χ4n) is 2.87. The van der Waals surface area contributed by atoms with Gasteiger partial charge in [0, 0.05) is 17.3 Å². The van der Waals surface area contributed by atoms with Gasteiger partial charge in [0.25, 0.3) is 0 Å². The van der Waals surface area contributed by atoms with Gasteiger partial charge in [0.05, 0.1) is 10.4 Å². The SMILES string of the molecule is Nc1noc(-c2cc3c(s2)CCCC3)c1-c1ccncc1. The van der Waals surface area contributed by atoms with Gasteiger partial charge in [-0.15, -0.1) is 11.3 Å². The van der Waals surface area contributed by atoms with Crippen molar-refractivity contribution in [1.82, 2.24) is 10.1 Å². The Labute approximate surface area is 126 Å². The molecule has 0 radical (unpaired) electrons. The number of nitrogens with two attached hydrogens (primary N) is 1. The van der Waals surface area contributed by atoms with E-state index < -0.39 is 0 Å². The number of nitrogens with zero attached hydrogens (tertiary/aromatic N) is 2. The molecule has 0 aliphatic heterocycles. The van der Waals surface area contributed by atoms with Crippen LogP contribution in [0.25, 0.3) is 21.8 Å². The highest BCUT2D eigenvalue weighted by Crippen LogP contribution is 2.42. The Morgan fingerprint density at radius 1 is 1.14 bits per heavy atom. The number of pyridine rings is 1. The average molecular weight is 297 g/mol. The molecule has 3 heterocycles. The van der Waals surface area contributed by atoms with Crippen LogP contribution in [-0.4, -0.2) is 10.1 Å². The van der Waals surface area contributed by atoms with E-state index in [9.17, 15) is 0 Å². The molecule has 0 amide bonds. The van der Waals surface area contributed by atoms with Crippen molar-refractivity contribution in [3.63, 3.8) is 0 Å². The van der Waals surface area contributed by atoms with Crippen LogP contribution in [0.1, 0.15) is 23.3 Å². The van der Waals surface area contributed by atoms with Crippen LogP contribution in [-0.2, 0) is 12.8 Å². The molecule has 4 nitrogen and oxygen atoms in total. The molecule has 5 heteroatoms. The maximum Gasteiger partial charge on any atom is 0.186 e. The summed E-state index contributed by atoms with van der Waals surface area (Å²) >= 11 is 1.81. The van der Waals surface area contributed by atoms with Gasteiger partial charge < -0.3 is 10.3 Å². The van der Waals surface area contributed by atoms with Gasteiger partial charge in [-0.3, -0.25) is 4.98 Å². The van der Waals surface area contributed by atoms with E-state index in [0.29, 0.717) is 5.82 Å². The lowest BCUT2D eigenvalue weighted by Gasteiger charge is -2.08. The summed E-state index contributed by atoms with van der Waals surface area (Å²) in [6, 6.07) is 6.10. The Kier molecular flexibility index (Phi) is 3.00. The molecule has 0 aromatic carbocycles. The summed E-state index contributed by atoms with van der Waals surface area (Å²) in [5, 5.41) is 3.96. The van der Waals surface area contributed by atoms with Crippen LogP contribution in [0.5, 0.6) is 0 Å². The lowest BCUT2D eigenvalue weighted by atomic mass is 9.98. The van der Waals surface area contributed by atoms with Crippen molar-refractivity contribution in [1.29, 1.82) is 0 Å². The Hall–Kier alpha value is -2.14. The average Bonchev–Trinajstić information content (AvgIpc) is 3.11. The molecule has 2 N–H and O–H groups in total. The van der Waals surface area contributed by atoms with E-state index >= 15 is 0 Å². The van der Waals surface area contributed by atoms with Crippen LogP contribution < -0.4 is 5.73 Å². The van der Waals surface area contributed by atoms with Gasteiger partial charge in [0.2, 0.25) is 0 Å². The first-order chi connectivity index (χ1) is 10.3. The second kappa shape index (κ2) is 5.00. The van der Waals surface area contributed by atoms with Crippen LogP contribution >= 0.6 is 11.3 Å². The number of hydrogen-bond acceptors (Lipinski definition) is 5. The smallest absolute Gasteiger partial charge is 0.186 e. The standard InChI is InChI=1S/C16H15N3OS/c17-16-14(10-5-7-18-8-6-10)15(20-19-16)13-9-11-3-1-2-4-12(11)21-13/h5-9H,1-4H2,(H2,17,19). The second-order valence-corrected chi connectivity index (χ2v) is 6.41. The zero-order chi connectivity index (χ0) is 14.2. The molecule has 0 spiro atoms. The summed E-state index contributed by atoms with van der Waals surface area (Å²) in [5.41, 5.74) is 9.33. The molecule has 0 saturated heterocycles. The van der Waals surface area contributed by atoms with Gasteiger partial charge in [0.15, 0.2) is 11.6 Å². The van der Waals surface area contributed by atoms with Gasteiger partial charge in [-0.1, -0.05) is 5.16 Å². The van der Waals surface area contributed by atoms with E-state index in [1.807, 2.05) is 12.1 Å². The highest BCUT2D eigenvalue weighted by atomic mass is 32.1. The lowest BCUT2D eigenvalue weighted by molar-refractivity contribution is 0.437. The molecular weight excluding hydrogens is 282 g/mol. The fraction of sp³-hybridized carbons (Fsp3) is 0.250. The van der Waals surface area contributed by atoms with Crippen molar-refractivity contribution in [2.75, 3.05) is 5.73 Å². The molecule has 1 aliphatic rings. The number of hydrogen-bond donors (Lipinski definition) is 1. The van der Waals surface area contributed by atoms with Crippen LogP contribution in [0.2, 0.25) is 0 Å². The first kappa shape index (κ1) is 12.6. The van der Waals surface area contributed by atoms with Crippen LogP contribution in [0.4, 0.5) is 5.82 Å². The highest BCUT2D eigenvalue weighted by molar-refractivity contribution is 7.15. The maximum absolute atomic E-state index is 6.01. The van der Waals surface area contributed by atoms with Crippen LogP contribution in [0.3, 0.4) is 0 Å². The molecule has 1 aliphatic carbocycles. The number of aryl methyl sites for hydroxylation is 2. The molecule has 0 unspecified atom stereocenters. The second-order valence-electron chi connectivity index (χ2n) is 5.27. The Morgan fingerprint density at radius 3 is 2.76 bits per heavy atom. The molecule has 3 aromatic heterocycles. The van der Waals surface area contributed by atoms with E-state index in [1.54, 1.807) is 23.7 Å². The monoisotopic (exact) mass is 297 g/mol. The minimum atomic E-state index is 0.433. The normalized spacial score (nSPS) is 14.1. The van der Waals surface area contributed by atoms with E-state index in [2.05, 4.69) is 16.2 Å². The van der Waals surface area contributed by atoms with E-state index in [-0.39, 0.29) is 0 Å². The first-order valence-electron chi connectivity index (χ1n) is 7.10. The molecule has 106 valence electrons. The number of fused-ring (bicyclic) bond motifs is 1. The fourth-order valence-corrected chi connectivity index (χ4v) is 4.11. The summed E-state index contributed by atoms with van der Waals surface area (Å²) < 4.78 is 5.53. The van der Waals surface area contributed by atoms with Crippen molar-refractivity contribution < 1.29 is 4.52 Å². The van der Waals surface area contributed by atoms with Gasteiger partial charge in [0.1, 0.15) is 0 Å². The number of aromatic nitrogens is 2. The molecular formula is C16H15N3OS. The maximum atomic E-state index is 6.01. The number of thiophene rings is 1. The molecule has 21 heavy (non-hydrogen) atoms. The van der Waals surface area contributed by atoms with Gasteiger partial charge in [-0.25, -0.2) is 0 Å². The largest absolute Gasteiger partial charge is 0.380 e. The van der Waals surface area contributed by atoms with Gasteiger partial charge in [-0.2, -0.15) is 0 Å². The van der Waals surface area contributed by atoms with Crippen LogP contribution in [0, 0.1) is 0 Å². The van der Waals surface area contributed by atoms with Gasteiger partial charge in [-0.05, 0) is 55.0 Å². The number of rotatable bonds is 2. The van der Waals surface area contributed by atoms with Crippen LogP contribution in [0.15, 0.2) is 35.1 Å². The zero-order valence-corrected chi connectivity index (χ0v) is 12.3. The van der Waals surface area contributed by atoms with Crippen molar-refractivity contribution in [2.24, 2.45) is 0 Å². The topological polar surface area (TPSA) is 64.9 Å². The quantitative estimate of drug-likeness (QED) is 0.778. The molecule has 3 aromatic rings. The molecule has 0 atom stereocenters. The third-order valence-corrected chi connectivity index (χ3v) is 5.14. The van der Waals surface area contributed by atoms with Crippen molar-refractivity contribution in [3.05, 3.63) is 41.0 Å². The van der Waals surface area contributed by atoms with Crippen molar-refractivity contribution >= 4 is 17.2 Å². The van der Waals surface area contributed by atoms with Gasteiger partial charge >= 0.3 is 0 Å². The summed E-state index contributed by atoms with van der Waals surface area (Å²) in [4.78, 5) is 6.65. The van der Waals surface area contributed by atoms with E-state index in [0.717, 1.165) is 21.8 Å². The zero-order valence-electron chi connectivity index (χ0n) is 11.5. The summed E-state index contributed by atoms with van der Waals surface area (Å²) in [6.45, 7) is 0. The lowest BCUT2D eigenvalue weighted by Crippen LogP contribution is -1.96. The summed E-state index contributed by atoms with van der Waals surface area (Å²) in [7, 11) is 0. The third-order valence-electron chi connectivity index (χ3n) is 3.91. The van der Waals surface area contributed by atoms with E-state index in [4.69, 9.17) is 10.3 Å². The number of anilines is 1. The van der Waals surface area contributed by atoms with Crippen molar-refractivity contribution in [3.8, 4) is 21.8 Å². The minimum Gasteiger partial charge on any atom is -0.380 e. The third kappa shape index (κ3) is 2.14. The molecule has 0 bridgehead atoms. The first-order valence-corrected chi connectivity index (χ1v) is 7.92. The predicted octanol–water partition coefficient (Wildman–Crippen LogP) is 3.93. The Balaban J connectivity index is 1.85. The molecule has 0 saturated carbocycles. The number of nitrogen functional groups attached to an aromatic ring is 1. The van der Waals surface area contributed by atoms with Crippen molar-refractivity contribution in [2.45, 2.75) is 25.7 Å². The van der Waals surface area contributed by atoms with E-state index in [1.165, 1.54) is 36.1 Å². The summed E-state index contributed by atoms with van der Waals surface area (Å²) in [6.07, 6.45) is 8.41. The Bertz CT molecular complexity index is 753. The predicted molar refractivity (Wildman–Crippen MR) is 84.1 cm³/mol. The highest BCUT2D eigenvalue weighted by Gasteiger charge is 2.22. The summed E-state index contributed by atoms with van der Waals surface area (Å²) in [5.74, 6) is 1.21. The molecule has 0 fully saturated rings. The molecule has 4 rings (SSSR count). The minimum absolute atomic E-state index is 0.433.